The van der Waals surface area contributed by atoms with Crippen LogP contribution in [-0.4, -0.2) is 64.2 Å². The Labute approximate surface area is 279 Å². The maximum atomic E-state index is 12.2. The number of fused-ring (bicyclic) bond motifs is 1. The van der Waals surface area contributed by atoms with E-state index in [9.17, 15) is 9.90 Å². The topological polar surface area (TPSA) is 57.9 Å². The number of carboxylic acid groups (broad SMARTS) is 1. The smallest absolute Gasteiger partial charge is 0.345 e. The van der Waals surface area contributed by atoms with Crippen molar-refractivity contribution < 1.29 is 14.6 Å². The van der Waals surface area contributed by atoms with Crippen molar-refractivity contribution in [3.8, 4) is 17.0 Å². The highest BCUT2D eigenvalue weighted by atomic mass is 32.1. The van der Waals surface area contributed by atoms with Gasteiger partial charge in [0.2, 0.25) is 0 Å². The van der Waals surface area contributed by atoms with E-state index in [0.29, 0.717) is 17.4 Å². The lowest BCUT2D eigenvalue weighted by atomic mass is 9.83. The lowest BCUT2D eigenvalue weighted by molar-refractivity contribution is 0.0702. The van der Waals surface area contributed by atoms with Crippen LogP contribution in [0.3, 0.4) is 0 Å². The molecule has 0 bridgehead atoms. The summed E-state index contributed by atoms with van der Waals surface area (Å²) >= 11 is 1.48. The van der Waals surface area contributed by atoms with Crippen LogP contribution in [0.15, 0.2) is 60.7 Å². The third-order valence-electron chi connectivity index (χ3n) is 10.5. The highest BCUT2D eigenvalue weighted by Crippen LogP contribution is 2.47. The van der Waals surface area contributed by atoms with E-state index in [-0.39, 0.29) is 7.43 Å². The van der Waals surface area contributed by atoms with E-state index in [0.717, 1.165) is 49.1 Å². The first-order valence-electron chi connectivity index (χ1n) is 17.3. The van der Waals surface area contributed by atoms with Gasteiger partial charge in [-0.3, -0.25) is 0 Å². The van der Waals surface area contributed by atoms with Gasteiger partial charge in [-0.05, 0) is 118 Å². The molecule has 2 saturated heterocycles. The van der Waals surface area contributed by atoms with Crippen LogP contribution < -0.4 is 4.74 Å². The van der Waals surface area contributed by atoms with Crippen molar-refractivity contribution in [1.82, 2.24) is 14.4 Å². The molecule has 1 aliphatic carbocycles. The summed E-state index contributed by atoms with van der Waals surface area (Å²) < 4.78 is 9.80. The van der Waals surface area contributed by atoms with Gasteiger partial charge in [-0.25, -0.2) is 4.79 Å². The Kier molecular flexibility index (Phi) is 10.8. The van der Waals surface area contributed by atoms with Crippen molar-refractivity contribution in [3.63, 3.8) is 0 Å². The molecular formula is C39H51N3O3S. The van der Waals surface area contributed by atoms with E-state index >= 15 is 0 Å². The summed E-state index contributed by atoms with van der Waals surface area (Å²) in [7, 11) is 0. The molecule has 2 aromatic heterocycles. The van der Waals surface area contributed by atoms with E-state index in [4.69, 9.17) is 4.74 Å². The zero-order chi connectivity index (χ0) is 30.6. The number of likely N-dealkylation sites (tertiary alicyclic amines) is 2. The fourth-order valence-electron chi connectivity index (χ4n) is 8.05. The lowest BCUT2D eigenvalue weighted by Crippen LogP contribution is -2.47. The number of ether oxygens (including phenoxy) is 1. The Balaban J connectivity index is 0.00000372. The largest absolute Gasteiger partial charge is 0.489 e. The maximum Gasteiger partial charge on any atom is 0.345 e. The second kappa shape index (κ2) is 15.2. The van der Waals surface area contributed by atoms with Crippen LogP contribution in [-0.2, 0) is 13.2 Å². The van der Waals surface area contributed by atoms with E-state index < -0.39 is 5.97 Å². The van der Waals surface area contributed by atoms with E-state index in [1.54, 1.807) is 0 Å². The first kappa shape index (κ1) is 32.8. The number of piperidine rings is 2. The molecule has 6 nitrogen and oxygen atoms in total. The summed E-state index contributed by atoms with van der Waals surface area (Å²) in [6, 6.07) is 21.6. The van der Waals surface area contributed by atoms with Gasteiger partial charge in [0.15, 0.2) is 0 Å². The van der Waals surface area contributed by atoms with Gasteiger partial charge in [0.05, 0.1) is 15.9 Å². The third-order valence-corrected chi connectivity index (χ3v) is 11.6. The Hall–Kier alpha value is -3.13. The van der Waals surface area contributed by atoms with Crippen molar-refractivity contribution in [2.75, 3.05) is 32.7 Å². The predicted octanol–water partition coefficient (Wildman–Crippen LogP) is 9.28. The van der Waals surface area contributed by atoms with Crippen LogP contribution in [0.4, 0.5) is 0 Å². The molecule has 2 aromatic carbocycles. The van der Waals surface area contributed by atoms with Gasteiger partial charge in [0, 0.05) is 19.1 Å². The molecule has 4 heterocycles. The van der Waals surface area contributed by atoms with Crippen LogP contribution in [0, 0.1) is 0 Å². The van der Waals surface area contributed by atoms with Crippen LogP contribution >= 0.6 is 11.3 Å². The van der Waals surface area contributed by atoms with Crippen LogP contribution in [0.2, 0.25) is 0 Å². The van der Waals surface area contributed by atoms with Crippen molar-refractivity contribution >= 4 is 27.5 Å². The van der Waals surface area contributed by atoms with Crippen LogP contribution in [0.5, 0.6) is 5.75 Å². The number of aromatic nitrogens is 1. The molecule has 0 amide bonds. The van der Waals surface area contributed by atoms with Crippen molar-refractivity contribution in [2.24, 2.45) is 0 Å². The summed E-state index contributed by atoms with van der Waals surface area (Å²) in [5.41, 5.74) is 6.12. The molecular weight excluding hydrogens is 591 g/mol. The highest BCUT2D eigenvalue weighted by molar-refractivity contribution is 7.21. The summed E-state index contributed by atoms with van der Waals surface area (Å²) in [6.45, 7) is 7.26. The minimum atomic E-state index is -0.821. The fraction of sp³-hybridized carbons (Fsp3) is 0.513. The van der Waals surface area contributed by atoms with Gasteiger partial charge < -0.3 is 24.2 Å². The molecule has 246 valence electrons. The van der Waals surface area contributed by atoms with Gasteiger partial charge in [-0.2, -0.15) is 0 Å². The van der Waals surface area contributed by atoms with Gasteiger partial charge in [-0.15, -0.1) is 11.3 Å². The van der Waals surface area contributed by atoms with Crippen LogP contribution in [0.25, 0.3) is 21.5 Å². The molecule has 7 heteroatoms. The average Bonchev–Trinajstić information content (AvgIpc) is 3.66. The molecule has 0 spiro atoms. The van der Waals surface area contributed by atoms with E-state index in [1.165, 1.54) is 110 Å². The number of aromatic carboxylic acids is 1. The summed E-state index contributed by atoms with van der Waals surface area (Å²) in [6.07, 6.45) is 12.7. The minimum absolute atomic E-state index is 0. The molecule has 4 aromatic rings. The van der Waals surface area contributed by atoms with Crippen LogP contribution in [0.1, 0.15) is 98.4 Å². The zero-order valence-electron chi connectivity index (χ0n) is 26.5. The lowest BCUT2D eigenvalue weighted by Gasteiger charge is -2.40. The van der Waals surface area contributed by atoms with E-state index in [1.807, 2.05) is 24.3 Å². The normalized spacial score (nSPS) is 18.9. The Morgan fingerprint density at radius 3 is 2.22 bits per heavy atom. The molecule has 0 radical (unpaired) electrons. The van der Waals surface area contributed by atoms with Gasteiger partial charge in [0.1, 0.15) is 17.2 Å². The molecule has 3 fully saturated rings. The Morgan fingerprint density at radius 2 is 1.52 bits per heavy atom. The molecule has 46 heavy (non-hydrogen) atoms. The molecule has 2 aliphatic heterocycles. The highest BCUT2D eigenvalue weighted by Gasteiger charge is 2.30. The van der Waals surface area contributed by atoms with Crippen molar-refractivity contribution in [3.05, 3.63) is 76.7 Å². The predicted molar refractivity (Wildman–Crippen MR) is 190 cm³/mol. The first-order valence-corrected chi connectivity index (χ1v) is 18.1. The molecule has 7 rings (SSSR count). The van der Waals surface area contributed by atoms with Crippen molar-refractivity contribution in [1.29, 1.82) is 0 Å². The number of rotatable bonds is 10. The van der Waals surface area contributed by atoms with Crippen molar-refractivity contribution in [2.45, 2.75) is 96.7 Å². The summed E-state index contributed by atoms with van der Waals surface area (Å²) in [5, 5.41) is 9.99. The molecule has 0 unspecified atom stereocenters. The van der Waals surface area contributed by atoms with Gasteiger partial charge in [0.25, 0.3) is 0 Å². The number of nitrogens with zero attached hydrogens (tertiary/aromatic N) is 3. The standard InChI is InChI=1S/C38H47N3O3S.CH4/c42-38(43)34-26-33-37(45-34)35(29-12-6-2-7-13-29)36(30-14-16-32(17-15-30)44-27-28-10-4-1-5-11-28)41(33)25-24-39-22-18-31(19-23-39)40-20-8-3-9-21-40;/h1,4-5,10-11,14-17,26,29,31H,2-3,6-9,12-13,18-25,27H2,(H,42,43);1H4. The Bertz CT molecular complexity index is 1560. The molecule has 1 saturated carbocycles. The average molecular weight is 642 g/mol. The summed E-state index contributed by atoms with van der Waals surface area (Å²) in [5.74, 6) is 0.511. The van der Waals surface area contributed by atoms with Gasteiger partial charge in [-0.1, -0.05) is 63.4 Å². The first-order chi connectivity index (χ1) is 22.1. The van der Waals surface area contributed by atoms with Gasteiger partial charge >= 0.3 is 5.97 Å². The monoisotopic (exact) mass is 641 g/mol. The molecule has 1 N–H and O–H groups in total. The maximum absolute atomic E-state index is 12.2. The fourth-order valence-corrected chi connectivity index (χ4v) is 9.17. The second-order valence-corrected chi connectivity index (χ2v) is 14.4. The SMILES string of the molecule is C.O=C(O)c1cc2c(s1)c(C1CCCCC1)c(-c1ccc(OCc3ccccc3)cc1)n2CCN1CCC(N2CCCCC2)CC1. The number of carboxylic acids is 1. The molecule has 0 atom stereocenters. The number of thiophene rings is 1. The molecule has 3 aliphatic rings. The third kappa shape index (κ3) is 7.22. The summed E-state index contributed by atoms with van der Waals surface area (Å²) in [4.78, 5) is 18.0. The van der Waals surface area contributed by atoms with E-state index in [2.05, 4.69) is 50.8 Å². The minimum Gasteiger partial charge on any atom is -0.489 e. The second-order valence-electron chi connectivity index (χ2n) is 13.3. The Morgan fingerprint density at radius 1 is 0.826 bits per heavy atom. The number of benzene rings is 2. The quantitative estimate of drug-likeness (QED) is 0.187. The zero-order valence-corrected chi connectivity index (χ0v) is 27.3. The number of hydrogen-bond donors (Lipinski definition) is 1. The number of hydrogen-bond acceptors (Lipinski definition) is 5. The number of carbonyl (C=O) groups is 1.